The van der Waals surface area contributed by atoms with E-state index < -0.39 is 27.8 Å². The highest BCUT2D eigenvalue weighted by molar-refractivity contribution is 7.90. The molecule has 0 aliphatic carbocycles. The van der Waals surface area contributed by atoms with Crippen LogP contribution >= 0.6 is 0 Å². The van der Waals surface area contributed by atoms with Gasteiger partial charge in [-0.3, -0.25) is 4.79 Å². The molecule has 1 atom stereocenters. The van der Waals surface area contributed by atoms with Gasteiger partial charge in [-0.2, -0.15) is 0 Å². The van der Waals surface area contributed by atoms with Gasteiger partial charge in [-0.1, -0.05) is 6.07 Å². The van der Waals surface area contributed by atoms with Crippen LogP contribution in [-0.2, 0) is 19.4 Å². The van der Waals surface area contributed by atoms with Gasteiger partial charge in [0.1, 0.15) is 0 Å². The maximum atomic E-state index is 12.5. The third-order valence-corrected chi connectivity index (χ3v) is 5.27. The quantitative estimate of drug-likeness (QED) is 0.685. The second-order valence-corrected chi connectivity index (χ2v) is 8.37. The largest absolute Gasteiger partial charge is 0.493 e. The fraction of sp³-hybridized carbons (Fsp3) is 0.300. The zero-order valence-corrected chi connectivity index (χ0v) is 17.6. The molecule has 8 nitrogen and oxygen atoms in total. The summed E-state index contributed by atoms with van der Waals surface area (Å²) in [6.45, 7) is 3.07. The molecule has 29 heavy (non-hydrogen) atoms. The number of hydrogen-bond donors (Lipinski definition) is 1. The number of anilines is 1. The molecule has 1 amide bonds. The Labute approximate surface area is 169 Å². The van der Waals surface area contributed by atoms with Crippen LogP contribution in [0.4, 0.5) is 5.69 Å². The van der Waals surface area contributed by atoms with Crippen LogP contribution in [0.1, 0.15) is 22.8 Å². The van der Waals surface area contributed by atoms with E-state index in [4.69, 9.17) is 14.2 Å². The van der Waals surface area contributed by atoms with Crippen molar-refractivity contribution in [2.45, 2.75) is 24.8 Å². The smallest absolute Gasteiger partial charge is 0.339 e. The highest BCUT2D eigenvalue weighted by Crippen LogP contribution is 2.29. The lowest BCUT2D eigenvalue weighted by Crippen LogP contribution is -2.30. The predicted octanol–water partition coefficient (Wildman–Crippen LogP) is 2.60. The van der Waals surface area contributed by atoms with Gasteiger partial charge in [0.25, 0.3) is 5.91 Å². The molecular weight excluding hydrogens is 398 g/mol. The van der Waals surface area contributed by atoms with E-state index in [9.17, 15) is 18.0 Å². The highest BCUT2D eigenvalue weighted by Gasteiger charge is 2.22. The second-order valence-electron chi connectivity index (χ2n) is 6.36. The Morgan fingerprint density at radius 3 is 2.24 bits per heavy atom. The Hall–Kier alpha value is -3.07. The molecule has 0 heterocycles. The van der Waals surface area contributed by atoms with Crippen molar-refractivity contribution in [3.63, 3.8) is 0 Å². The predicted molar refractivity (Wildman–Crippen MR) is 107 cm³/mol. The fourth-order valence-electron chi connectivity index (χ4n) is 2.49. The standard InChI is InChI=1S/C20H23NO7S/c1-12-6-8-15(29(5,24)25)11-16(12)20(23)28-13(2)19(22)21-14-7-9-17(26-3)18(10-14)27-4/h6-11,13H,1-5H3,(H,21,22)/t13-/m1/s1. The zero-order chi connectivity index (χ0) is 21.8. The van der Waals surface area contributed by atoms with Crippen molar-refractivity contribution in [2.75, 3.05) is 25.8 Å². The number of nitrogens with one attached hydrogen (secondary N) is 1. The van der Waals surface area contributed by atoms with Crippen molar-refractivity contribution < 1.29 is 32.2 Å². The summed E-state index contributed by atoms with van der Waals surface area (Å²) in [5.41, 5.74) is 1.05. The molecule has 156 valence electrons. The molecule has 2 rings (SSSR count). The van der Waals surface area contributed by atoms with Crippen molar-refractivity contribution in [1.29, 1.82) is 0 Å². The molecular formula is C20H23NO7S. The van der Waals surface area contributed by atoms with Gasteiger partial charge >= 0.3 is 5.97 Å². The Bertz CT molecular complexity index is 1030. The fourth-order valence-corrected chi connectivity index (χ4v) is 3.13. The van der Waals surface area contributed by atoms with Gasteiger partial charge in [-0.05, 0) is 43.7 Å². The molecule has 0 spiro atoms. The summed E-state index contributed by atoms with van der Waals surface area (Å²) in [5.74, 6) is -0.403. The van der Waals surface area contributed by atoms with E-state index in [0.29, 0.717) is 22.7 Å². The van der Waals surface area contributed by atoms with Gasteiger partial charge in [0.2, 0.25) is 0 Å². The van der Waals surface area contributed by atoms with Crippen molar-refractivity contribution in [1.82, 2.24) is 0 Å². The van der Waals surface area contributed by atoms with Gasteiger partial charge in [-0.15, -0.1) is 0 Å². The molecule has 0 radical (unpaired) electrons. The monoisotopic (exact) mass is 421 g/mol. The number of esters is 1. The molecule has 0 aromatic heterocycles. The van der Waals surface area contributed by atoms with Crippen molar-refractivity contribution in [3.8, 4) is 11.5 Å². The summed E-state index contributed by atoms with van der Waals surface area (Å²) >= 11 is 0. The third kappa shape index (κ3) is 5.47. The van der Waals surface area contributed by atoms with Crippen LogP contribution in [0.25, 0.3) is 0 Å². The summed E-state index contributed by atoms with van der Waals surface area (Å²) in [6, 6.07) is 8.99. The highest BCUT2D eigenvalue weighted by atomic mass is 32.2. The van der Waals surface area contributed by atoms with Crippen LogP contribution in [0.15, 0.2) is 41.3 Å². The number of aryl methyl sites for hydroxylation is 1. The number of rotatable bonds is 7. The molecule has 0 saturated heterocycles. The summed E-state index contributed by atoms with van der Waals surface area (Å²) in [5, 5.41) is 2.63. The van der Waals surface area contributed by atoms with Crippen molar-refractivity contribution in [2.24, 2.45) is 0 Å². The first-order chi connectivity index (χ1) is 13.6. The Morgan fingerprint density at radius 2 is 1.66 bits per heavy atom. The molecule has 0 fully saturated rings. The molecule has 9 heteroatoms. The first-order valence-electron chi connectivity index (χ1n) is 8.61. The molecule has 1 N–H and O–H groups in total. The van der Waals surface area contributed by atoms with Crippen LogP contribution in [0.3, 0.4) is 0 Å². The Morgan fingerprint density at radius 1 is 1.00 bits per heavy atom. The molecule has 0 aliphatic rings. The first-order valence-corrected chi connectivity index (χ1v) is 10.5. The number of ether oxygens (including phenoxy) is 3. The number of hydrogen-bond acceptors (Lipinski definition) is 7. The van der Waals surface area contributed by atoms with Gasteiger partial charge in [0.05, 0.1) is 24.7 Å². The topological polar surface area (TPSA) is 108 Å². The van der Waals surface area contributed by atoms with Gasteiger partial charge < -0.3 is 19.5 Å². The first kappa shape index (κ1) is 22.2. The molecule has 0 aliphatic heterocycles. The van der Waals surface area contributed by atoms with Crippen molar-refractivity contribution >= 4 is 27.4 Å². The van der Waals surface area contributed by atoms with E-state index in [1.807, 2.05) is 0 Å². The Balaban J connectivity index is 2.13. The van der Waals surface area contributed by atoms with Gasteiger partial charge in [0.15, 0.2) is 27.4 Å². The normalized spacial score (nSPS) is 12.0. The lowest BCUT2D eigenvalue weighted by molar-refractivity contribution is -0.123. The van der Waals surface area contributed by atoms with Crippen LogP contribution in [0.5, 0.6) is 11.5 Å². The number of sulfone groups is 1. The van der Waals surface area contributed by atoms with Crippen LogP contribution < -0.4 is 14.8 Å². The zero-order valence-electron chi connectivity index (χ0n) is 16.8. The number of methoxy groups -OCH3 is 2. The number of carbonyl (C=O) groups excluding carboxylic acids is 2. The Kier molecular flexibility index (Phi) is 6.86. The summed E-state index contributed by atoms with van der Waals surface area (Å²) in [7, 11) is -0.511. The molecule has 0 unspecified atom stereocenters. The molecule has 0 bridgehead atoms. The lowest BCUT2D eigenvalue weighted by Gasteiger charge is -2.16. The van der Waals surface area contributed by atoms with Crippen LogP contribution in [0, 0.1) is 6.92 Å². The SMILES string of the molecule is COc1ccc(NC(=O)[C@@H](C)OC(=O)c2cc(S(C)(=O)=O)ccc2C)cc1OC. The summed E-state index contributed by atoms with van der Waals surface area (Å²) in [4.78, 5) is 24.8. The maximum Gasteiger partial charge on any atom is 0.339 e. The van der Waals surface area contributed by atoms with Crippen LogP contribution in [0.2, 0.25) is 0 Å². The minimum atomic E-state index is -3.48. The minimum absolute atomic E-state index is 0.00233. The van der Waals surface area contributed by atoms with E-state index in [-0.39, 0.29) is 10.5 Å². The summed E-state index contributed by atoms with van der Waals surface area (Å²) in [6.07, 6.45) is -0.0664. The van der Waals surface area contributed by atoms with E-state index in [0.717, 1.165) is 6.26 Å². The van der Waals surface area contributed by atoms with E-state index in [2.05, 4.69) is 5.32 Å². The maximum absolute atomic E-state index is 12.5. The molecule has 0 saturated carbocycles. The number of carbonyl (C=O) groups is 2. The van der Waals surface area contributed by atoms with Crippen LogP contribution in [-0.4, -0.2) is 46.9 Å². The number of benzene rings is 2. The van der Waals surface area contributed by atoms with E-state index >= 15 is 0 Å². The lowest BCUT2D eigenvalue weighted by atomic mass is 10.1. The third-order valence-electron chi connectivity index (χ3n) is 4.16. The second kappa shape index (κ2) is 8.95. The van der Waals surface area contributed by atoms with Gasteiger partial charge in [0, 0.05) is 18.0 Å². The average Bonchev–Trinajstić information content (AvgIpc) is 2.66. The summed E-state index contributed by atoms with van der Waals surface area (Å²) < 4.78 is 39.0. The number of amides is 1. The average molecular weight is 421 g/mol. The minimum Gasteiger partial charge on any atom is -0.493 e. The van der Waals surface area contributed by atoms with E-state index in [1.165, 1.54) is 39.3 Å². The van der Waals surface area contributed by atoms with Gasteiger partial charge in [-0.25, -0.2) is 13.2 Å². The molecule has 2 aromatic rings. The van der Waals surface area contributed by atoms with Crippen molar-refractivity contribution in [3.05, 3.63) is 47.5 Å². The molecule has 2 aromatic carbocycles. The van der Waals surface area contributed by atoms with E-state index in [1.54, 1.807) is 25.1 Å².